The van der Waals surface area contributed by atoms with Crippen molar-refractivity contribution >= 4 is 11.8 Å². The highest BCUT2D eigenvalue weighted by atomic mass is 32.2. The summed E-state index contributed by atoms with van der Waals surface area (Å²) >= 11 is 1.79. The third-order valence-corrected chi connectivity index (χ3v) is 4.52. The first-order chi connectivity index (χ1) is 9.08. The van der Waals surface area contributed by atoms with Crippen molar-refractivity contribution in [3.63, 3.8) is 0 Å². The maximum absolute atomic E-state index is 13.8. The molecule has 0 fully saturated rings. The second-order valence-electron chi connectivity index (χ2n) is 4.72. The molecule has 1 nitrogen and oxygen atoms in total. The molecule has 0 saturated carbocycles. The molecule has 4 heteroatoms. The third kappa shape index (κ3) is 5.49. The van der Waals surface area contributed by atoms with Crippen LogP contribution in [0.25, 0.3) is 0 Å². The van der Waals surface area contributed by atoms with Crippen LogP contribution >= 0.6 is 11.8 Å². The molecule has 108 valence electrons. The number of halogens is 2. The van der Waals surface area contributed by atoms with Crippen molar-refractivity contribution < 1.29 is 8.78 Å². The molecule has 19 heavy (non-hydrogen) atoms. The highest BCUT2D eigenvalue weighted by Gasteiger charge is 2.17. The Bertz CT molecular complexity index is 384. The SMILES string of the molecule is CCCNC(CSC(C)CC)c1cc(F)ccc1F. The fourth-order valence-corrected chi connectivity index (χ4v) is 2.79. The molecule has 0 amide bonds. The molecule has 0 bridgehead atoms. The molecule has 0 aliphatic carbocycles. The Balaban J connectivity index is 2.79. The molecule has 0 heterocycles. The van der Waals surface area contributed by atoms with Crippen molar-refractivity contribution in [3.8, 4) is 0 Å². The average molecular weight is 287 g/mol. The van der Waals surface area contributed by atoms with E-state index in [1.807, 2.05) is 0 Å². The lowest BCUT2D eigenvalue weighted by Crippen LogP contribution is -2.25. The van der Waals surface area contributed by atoms with Gasteiger partial charge in [-0.3, -0.25) is 0 Å². The van der Waals surface area contributed by atoms with E-state index in [4.69, 9.17) is 0 Å². The van der Waals surface area contributed by atoms with E-state index in [-0.39, 0.29) is 17.7 Å². The molecule has 0 aromatic heterocycles. The summed E-state index contributed by atoms with van der Waals surface area (Å²) in [6, 6.07) is 3.55. The topological polar surface area (TPSA) is 12.0 Å². The third-order valence-electron chi connectivity index (χ3n) is 3.10. The molecule has 2 atom stereocenters. The van der Waals surface area contributed by atoms with Crippen LogP contribution in [0.1, 0.15) is 45.2 Å². The van der Waals surface area contributed by atoms with Gasteiger partial charge >= 0.3 is 0 Å². The molecule has 1 aromatic rings. The zero-order valence-electron chi connectivity index (χ0n) is 11.9. The van der Waals surface area contributed by atoms with Crippen LogP contribution in [0, 0.1) is 11.6 Å². The predicted octanol–water partition coefficient (Wildman–Crippen LogP) is 4.54. The molecular formula is C15H23F2NS. The van der Waals surface area contributed by atoms with Crippen molar-refractivity contribution in [3.05, 3.63) is 35.4 Å². The molecule has 0 spiro atoms. The average Bonchev–Trinajstić information content (AvgIpc) is 2.41. The summed E-state index contributed by atoms with van der Waals surface area (Å²) in [7, 11) is 0. The van der Waals surface area contributed by atoms with Gasteiger partial charge in [0.15, 0.2) is 0 Å². The highest BCUT2D eigenvalue weighted by molar-refractivity contribution is 7.99. The summed E-state index contributed by atoms with van der Waals surface area (Å²) in [6.07, 6.45) is 2.05. The minimum Gasteiger partial charge on any atom is -0.309 e. The van der Waals surface area contributed by atoms with Crippen LogP contribution in [0.5, 0.6) is 0 Å². The van der Waals surface area contributed by atoms with Crippen LogP contribution in [0.3, 0.4) is 0 Å². The van der Waals surface area contributed by atoms with Crippen molar-refractivity contribution in [1.82, 2.24) is 5.32 Å². The van der Waals surface area contributed by atoms with Crippen molar-refractivity contribution in [2.24, 2.45) is 0 Å². The predicted molar refractivity (Wildman–Crippen MR) is 79.6 cm³/mol. The second-order valence-corrected chi connectivity index (χ2v) is 6.20. The number of rotatable bonds is 8. The summed E-state index contributed by atoms with van der Waals surface area (Å²) < 4.78 is 27.1. The van der Waals surface area contributed by atoms with E-state index >= 15 is 0 Å². The van der Waals surface area contributed by atoms with Gasteiger partial charge in [-0.15, -0.1) is 0 Å². The van der Waals surface area contributed by atoms with Crippen LogP contribution in [-0.2, 0) is 0 Å². The van der Waals surface area contributed by atoms with Gasteiger partial charge in [0, 0.05) is 22.6 Å². The molecule has 0 radical (unpaired) electrons. The van der Waals surface area contributed by atoms with Crippen LogP contribution in [0.2, 0.25) is 0 Å². The van der Waals surface area contributed by atoms with E-state index in [9.17, 15) is 8.78 Å². The van der Waals surface area contributed by atoms with Gasteiger partial charge in [-0.2, -0.15) is 11.8 Å². The van der Waals surface area contributed by atoms with Gasteiger partial charge in [0.2, 0.25) is 0 Å². The molecule has 0 aliphatic rings. The van der Waals surface area contributed by atoms with Crippen LogP contribution in [0.4, 0.5) is 8.78 Å². The lowest BCUT2D eigenvalue weighted by atomic mass is 10.1. The van der Waals surface area contributed by atoms with Crippen LogP contribution < -0.4 is 5.32 Å². The van der Waals surface area contributed by atoms with E-state index < -0.39 is 0 Å². The maximum atomic E-state index is 13.8. The fourth-order valence-electron chi connectivity index (χ4n) is 1.74. The van der Waals surface area contributed by atoms with Gasteiger partial charge in [0.05, 0.1) is 0 Å². The van der Waals surface area contributed by atoms with E-state index in [1.54, 1.807) is 11.8 Å². The molecule has 0 saturated heterocycles. The molecule has 2 unspecified atom stereocenters. The zero-order chi connectivity index (χ0) is 14.3. The first kappa shape index (κ1) is 16.4. The van der Waals surface area contributed by atoms with E-state index in [0.717, 1.165) is 31.2 Å². The summed E-state index contributed by atoms with van der Waals surface area (Å²) in [5.41, 5.74) is 0.434. The lowest BCUT2D eigenvalue weighted by Gasteiger charge is -2.21. The van der Waals surface area contributed by atoms with E-state index in [2.05, 4.69) is 26.1 Å². The maximum Gasteiger partial charge on any atom is 0.128 e. The van der Waals surface area contributed by atoms with Gasteiger partial charge in [-0.05, 0) is 37.6 Å². The number of nitrogens with one attached hydrogen (secondary N) is 1. The minimum absolute atomic E-state index is 0.130. The molecular weight excluding hydrogens is 264 g/mol. The molecule has 1 rings (SSSR count). The van der Waals surface area contributed by atoms with E-state index in [1.165, 1.54) is 12.1 Å². The fraction of sp³-hybridized carbons (Fsp3) is 0.600. The van der Waals surface area contributed by atoms with Gasteiger partial charge in [0.25, 0.3) is 0 Å². The Kier molecular flexibility index (Phi) is 7.39. The van der Waals surface area contributed by atoms with Crippen molar-refractivity contribution in [2.75, 3.05) is 12.3 Å². The summed E-state index contributed by atoms with van der Waals surface area (Å²) in [4.78, 5) is 0. The highest BCUT2D eigenvalue weighted by Crippen LogP contribution is 2.25. The molecule has 0 aliphatic heterocycles. The Morgan fingerprint density at radius 1 is 1.26 bits per heavy atom. The number of benzene rings is 1. The van der Waals surface area contributed by atoms with Gasteiger partial charge in [0.1, 0.15) is 11.6 Å². The first-order valence-electron chi connectivity index (χ1n) is 6.88. The van der Waals surface area contributed by atoms with Crippen LogP contribution in [-0.4, -0.2) is 17.5 Å². The Labute approximate surface area is 119 Å². The van der Waals surface area contributed by atoms with Crippen LogP contribution in [0.15, 0.2) is 18.2 Å². The normalized spacial score (nSPS) is 14.4. The summed E-state index contributed by atoms with van der Waals surface area (Å²) in [5, 5.41) is 3.84. The number of hydrogen-bond donors (Lipinski definition) is 1. The summed E-state index contributed by atoms with van der Waals surface area (Å²) in [5.74, 6) is 0.0445. The number of thioether (sulfide) groups is 1. The monoisotopic (exact) mass is 287 g/mol. The first-order valence-corrected chi connectivity index (χ1v) is 7.93. The second kappa shape index (κ2) is 8.54. The minimum atomic E-state index is -0.381. The van der Waals surface area contributed by atoms with Crippen molar-refractivity contribution in [1.29, 1.82) is 0 Å². The Hall–Kier alpha value is -0.610. The molecule has 1 N–H and O–H groups in total. The summed E-state index contributed by atoms with van der Waals surface area (Å²) in [6.45, 7) is 7.16. The van der Waals surface area contributed by atoms with Gasteiger partial charge in [-0.1, -0.05) is 20.8 Å². The smallest absolute Gasteiger partial charge is 0.128 e. The van der Waals surface area contributed by atoms with Gasteiger partial charge < -0.3 is 5.32 Å². The van der Waals surface area contributed by atoms with E-state index in [0.29, 0.717) is 10.8 Å². The zero-order valence-corrected chi connectivity index (χ0v) is 12.7. The quantitative estimate of drug-likeness (QED) is 0.753. The molecule has 1 aromatic carbocycles. The lowest BCUT2D eigenvalue weighted by molar-refractivity contribution is 0.522. The largest absolute Gasteiger partial charge is 0.309 e. The Morgan fingerprint density at radius 2 is 2.00 bits per heavy atom. The Morgan fingerprint density at radius 3 is 2.63 bits per heavy atom. The number of hydrogen-bond acceptors (Lipinski definition) is 2. The van der Waals surface area contributed by atoms with Gasteiger partial charge in [-0.25, -0.2) is 8.78 Å². The van der Waals surface area contributed by atoms with Crippen molar-refractivity contribution in [2.45, 2.75) is 44.9 Å². The standard InChI is InChI=1S/C15H23F2NS/c1-4-8-18-15(10-19-11(3)5-2)13-9-12(16)6-7-14(13)17/h6-7,9,11,15,18H,4-5,8,10H2,1-3H3.